The Labute approximate surface area is 137 Å². The Balaban J connectivity index is 1.58. The van der Waals surface area contributed by atoms with Crippen molar-refractivity contribution >= 4 is 22.8 Å². The Bertz CT molecular complexity index is 701. The number of rotatable bonds is 6. The Morgan fingerprint density at radius 1 is 1.43 bits per heavy atom. The third kappa shape index (κ3) is 4.05. The molecule has 0 unspecified atom stereocenters. The standard InChI is InChI=1S/C18H22N5/c19-12-16(13-20-6-4-10-23-8-1-2-9-23)15-11-18-17(22-14-15)5-3-7-21-18/h3,5,7,11-13H,1-2,4,6,8-10,19H2/q+1. The first-order valence-corrected chi connectivity index (χ1v) is 8.15. The molecule has 0 atom stereocenters. The van der Waals surface area contributed by atoms with Crippen molar-refractivity contribution in [2.75, 3.05) is 26.2 Å². The number of fused-ring (bicyclic) bond motifs is 1. The molecule has 0 bridgehead atoms. The molecule has 1 fully saturated rings. The van der Waals surface area contributed by atoms with Crippen molar-refractivity contribution in [3.05, 3.63) is 42.4 Å². The summed E-state index contributed by atoms with van der Waals surface area (Å²) in [5.41, 5.74) is 9.04. The second-order valence-corrected chi connectivity index (χ2v) is 5.75. The van der Waals surface area contributed by atoms with Gasteiger partial charge in [0.2, 0.25) is 0 Å². The Morgan fingerprint density at radius 2 is 2.30 bits per heavy atom. The van der Waals surface area contributed by atoms with E-state index in [9.17, 15) is 0 Å². The van der Waals surface area contributed by atoms with E-state index in [4.69, 9.17) is 5.73 Å². The maximum atomic E-state index is 5.73. The highest BCUT2D eigenvalue weighted by atomic mass is 15.1. The number of hydrogen-bond donors (Lipinski definition) is 1. The molecule has 0 amide bonds. The van der Waals surface area contributed by atoms with E-state index in [0.29, 0.717) is 0 Å². The number of nitrogens with zero attached hydrogens (tertiary/aromatic N) is 4. The molecule has 1 saturated heterocycles. The van der Waals surface area contributed by atoms with E-state index in [1.54, 1.807) is 12.4 Å². The van der Waals surface area contributed by atoms with Crippen LogP contribution in [0.5, 0.6) is 0 Å². The third-order valence-electron chi connectivity index (χ3n) is 4.08. The highest BCUT2D eigenvalue weighted by Gasteiger charge is 2.10. The molecule has 0 spiro atoms. The summed E-state index contributed by atoms with van der Waals surface area (Å²) < 4.78 is 0. The van der Waals surface area contributed by atoms with Gasteiger partial charge in [0.05, 0.1) is 0 Å². The first-order chi connectivity index (χ1) is 11.4. The molecule has 0 aromatic carbocycles. The molecule has 1 aliphatic heterocycles. The molecule has 0 radical (unpaired) electrons. The summed E-state index contributed by atoms with van der Waals surface area (Å²) in [6.45, 7) is 4.42. The molecule has 2 aromatic rings. The zero-order chi connectivity index (χ0) is 15.9. The summed E-state index contributed by atoms with van der Waals surface area (Å²) in [7, 11) is 0. The van der Waals surface area contributed by atoms with Crippen molar-refractivity contribution in [3.8, 4) is 0 Å². The smallest absolute Gasteiger partial charge is 0.366 e. The van der Waals surface area contributed by atoms with Crippen LogP contribution in [0, 0.1) is 6.20 Å². The minimum Gasteiger partial charge on any atom is -0.404 e. The summed E-state index contributed by atoms with van der Waals surface area (Å²) in [5, 5.41) is 0. The fourth-order valence-electron chi connectivity index (χ4n) is 2.81. The highest BCUT2D eigenvalue weighted by Crippen LogP contribution is 2.12. The van der Waals surface area contributed by atoms with Gasteiger partial charge in [0.1, 0.15) is 5.56 Å². The van der Waals surface area contributed by atoms with Crippen molar-refractivity contribution < 1.29 is 4.98 Å². The SMILES string of the molecule is NC=C(C=NCCCN1CCCC1)c1c#[n+]c2cccnc2c1. The van der Waals surface area contributed by atoms with E-state index in [1.807, 2.05) is 24.4 Å². The van der Waals surface area contributed by atoms with Gasteiger partial charge in [-0.3, -0.25) is 4.99 Å². The van der Waals surface area contributed by atoms with E-state index < -0.39 is 0 Å². The Morgan fingerprint density at radius 3 is 3.13 bits per heavy atom. The fourth-order valence-corrected chi connectivity index (χ4v) is 2.81. The van der Waals surface area contributed by atoms with Gasteiger partial charge >= 0.3 is 11.7 Å². The molecule has 5 heteroatoms. The van der Waals surface area contributed by atoms with Crippen molar-refractivity contribution in [3.63, 3.8) is 0 Å². The Hall–Kier alpha value is -2.45. The van der Waals surface area contributed by atoms with Crippen LogP contribution in [0.15, 0.2) is 35.6 Å². The van der Waals surface area contributed by atoms with Crippen molar-refractivity contribution in [1.29, 1.82) is 0 Å². The molecule has 3 rings (SSSR count). The maximum Gasteiger partial charge on any atom is 0.366 e. The molecule has 5 nitrogen and oxygen atoms in total. The number of aliphatic imine (C=N–C) groups is 1. The number of nitrogens with two attached hydrogens (primary N) is 1. The lowest BCUT2D eigenvalue weighted by molar-refractivity contribution is -0.258. The monoisotopic (exact) mass is 308 g/mol. The van der Waals surface area contributed by atoms with Gasteiger partial charge in [0, 0.05) is 36.8 Å². The predicted octanol–water partition coefficient (Wildman–Crippen LogP) is 1.49. The predicted molar refractivity (Wildman–Crippen MR) is 92.0 cm³/mol. The minimum absolute atomic E-state index is 0.813. The van der Waals surface area contributed by atoms with E-state index in [-0.39, 0.29) is 0 Å². The molecule has 23 heavy (non-hydrogen) atoms. The third-order valence-corrected chi connectivity index (χ3v) is 4.08. The molecular formula is C18H22N5+. The van der Waals surface area contributed by atoms with Gasteiger partial charge in [-0.2, -0.15) is 0 Å². The number of likely N-dealkylation sites (tertiary alicyclic amines) is 1. The van der Waals surface area contributed by atoms with Crippen molar-refractivity contribution in [2.45, 2.75) is 19.3 Å². The van der Waals surface area contributed by atoms with Crippen LogP contribution in [0.25, 0.3) is 16.6 Å². The molecule has 0 aliphatic carbocycles. The van der Waals surface area contributed by atoms with Crippen LogP contribution in [0.2, 0.25) is 0 Å². The Kier molecular flexibility index (Phi) is 5.17. The molecule has 2 aromatic heterocycles. The fraction of sp³-hybridized carbons (Fsp3) is 0.389. The normalized spacial score (nSPS) is 16.3. The van der Waals surface area contributed by atoms with E-state index in [0.717, 1.165) is 41.7 Å². The minimum atomic E-state index is 0.813. The highest BCUT2D eigenvalue weighted by molar-refractivity contribution is 6.09. The summed E-state index contributed by atoms with van der Waals surface area (Å²) in [5.74, 6) is 0. The van der Waals surface area contributed by atoms with Crippen LogP contribution < -0.4 is 10.7 Å². The van der Waals surface area contributed by atoms with Crippen LogP contribution >= 0.6 is 0 Å². The molecule has 2 N–H and O–H groups in total. The molecular weight excluding hydrogens is 286 g/mol. The van der Waals surface area contributed by atoms with Crippen LogP contribution in [0.4, 0.5) is 0 Å². The van der Waals surface area contributed by atoms with Gasteiger partial charge < -0.3 is 10.6 Å². The summed E-state index contributed by atoms with van der Waals surface area (Å²) >= 11 is 0. The van der Waals surface area contributed by atoms with Gasteiger partial charge in [0.25, 0.3) is 0 Å². The number of hydrogen-bond acceptors (Lipinski definition) is 4. The van der Waals surface area contributed by atoms with Crippen LogP contribution in [-0.2, 0) is 0 Å². The topological polar surface area (TPSA) is 68.6 Å². The lowest BCUT2D eigenvalue weighted by Crippen LogP contribution is -2.20. The van der Waals surface area contributed by atoms with E-state index in [2.05, 4.69) is 26.1 Å². The van der Waals surface area contributed by atoms with Gasteiger partial charge in [-0.1, -0.05) is 0 Å². The van der Waals surface area contributed by atoms with Gasteiger partial charge in [-0.15, -0.1) is 0 Å². The van der Waals surface area contributed by atoms with Crippen LogP contribution in [0.3, 0.4) is 0 Å². The molecule has 1 aliphatic rings. The lowest BCUT2D eigenvalue weighted by Gasteiger charge is -2.12. The average Bonchev–Trinajstić information content (AvgIpc) is 3.11. The summed E-state index contributed by atoms with van der Waals surface area (Å²) in [4.78, 5) is 15.6. The summed E-state index contributed by atoms with van der Waals surface area (Å²) in [6.07, 6.45) is 11.9. The molecule has 3 heterocycles. The second kappa shape index (κ2) is 7.70. The average molecular weight is 308 g/mol. The van der Waals surface area contributed by atoms with Crippen molar-refractivity contribution in [1.82, 2.24) is 9.88 Å². The van der Waals surface area contributed by atoms with Gasteiger partial charge in [0.15, 0.2) is 5.52 Å². The number of pyridine rings is 1. The van der Waals surface area contributed by atoms with Gasteiger partial charge in [-0.05, 0) is 56.0 Å². The lowest BCUT2D eigenvalue weighted by atomic mass is 10.1. The maximum absolute atomic E-state index is 5.73. The summed E-state index contributed by atoms with van der Waals surface area (Å²) in [6, 6.07) is 5.72. The molecule has 0 saturated carbocycles. The van der Waals surface area contributed by atoms with Gasteiger partial charge in [-0.25, -0.2) is 4.98 Å². The van der Waals surface area contributed by atoms with E-state index in [1.165, 1.54) is 25.9 Å². The number of aromatic nitrogens is 2. The first-order valence-electron chi connectivity index (χ1n) is 8.15. The quantitative estimate of drug-likeness (QED) is 0.648. The largest absolute Gasteiger partial charge is 0.404 e. The van der Waals surface area contributed by atoms with Crippen molar-refractivity contribution in [2.24, 2.45) is 10.7 Å². The zero-order valence-corrected chi connectivity index (χ0v) is 13.3. The second-order valence-electron chi connectivity index (χ2n) is 5.75. The first kappa shape index (κ1) is 15.4. The van der Waals surface area contributed by atoms with E-state index >= 15 is 0 Å². The van der Waals surface area contributed by atoms with Crippen LogP contribution in [0.1, 0.15) is 24.8 Å². The molecule has 118 valence electrons. The number of allylic oxidation sites excluding steroid dienone is 1. The van der Waals surface area contributed by atoms with Crippen LogP contribution in [-0.4, -0.2) is 42.3 Å². The zero-order valence-electron chi connectivity index (χ0n) is 13.3.